The Hall–Kier alpha value is -2.03. The van der Waals surface area contributed by atoms with E-state index in [0.29, 0.717) is 19.1 Å². The maximum atomic E-state index is 11.2. The SMILES string of the molecule is CCOC(=O)CN1C=CCN=C1NC#N. The largest absolute Gasteiger partial charge is 0.465 e. The zero-order valence-electron chi connectivity index (χ0n) is 8.43. The molecule has 0 aromatic carbocycles. The van der Waals surface area contributed by atoms with Crippen LogP contribution in [0.5, 0.6) is 0 Å². The second kappa shape index (κ2) is 5.65. The number of ether oxygens (including phenoxy) is 1. The van der Waals surface area contributed by atoms with Crippen molar-refractivity contribution in [2.45, 2.75) is 6.92 Å². The topological polar surface area (TPSA) is 77.7 Å². The second-order valence-corrected chi connectivity index (χ2v) is 2.72. The number of esters is 1. The molecule has 0 amide bonds. The third-order valence-corrected chi connectivity index (χ3v) is 1.68. The van der Waals surface area contributed by atoms with Gasteiger partial charge in [-0.15, -0.1) is 0 Å². The van der Waals surface area contributed by atoms with Gasteiger partial charge in [-0.2, -0.15) is 5.26 Å². The Morgan fingerprint density at radius 1 is 1.87 bits per heavy atom. The van der Waals surface area contributed by atoms with Gasteiger partial charge >= 0.3 is 5.97 Å². The minimum absolute atomic E-state index is 0.0534. The Bertz CT molecular complexity index is 329. The number of aliphatic imine (C=N–C) groups is 1. The molecule has 1 rings (SSSR count). The van der Waals surface area contributed by atoms with Crippen molar-refractivity contribution in [3.05, 3.63) is 12.3 Å². The van der Waals surface area contributed by atoms with Crippen LogP contribution in [-0.2, 0) is 9.53 Å². The zero-order chi connectivity index (χ0) is 11.1. The van der Waals surface area contributed by atoms with Crippen LogP contribution in [0.4, 0.5) is 0 Å². The lowest BCUT2D eigenvalue weighted by atomic mass is 10.4. The fraction of sp³-hybridized carbons (Fsp3) is 0.444. The zero-order valence-corrected chi connectivity index (χ0v) is 8.43. The van der Waals surface area contributed by atoms with E-state index >= 15 is 0 Å². The number of hydrogen-bond acceptors (Lipinski definition) is 6. The summed E-state index contributed by atoms with van der Waals surface area (Å²) in [5.41, 5.74) is 0. The summed E-state index contributed by atoms with van der Waals surface area (Å²) in [6.45, 7) is 2.64. The van der Waals surface area contributed by atoms with Crippen LogP contribution in [0.2, 0.25) is 0 Å². The van der Waals surface area contributed by atoms with Gasteiger partial charge in [0.25, 0.3) is 0 Å². The molecule has 0 aromatic heterocycles. The fourth-order valence-corrected chi connectivity index (χ4v) is 1.11. The first-order valence-electron chi connectivity index (χ1n) is 4.56. The molecular weight excluding hydrogens is 196 g/mol. The molecule has 15 heavy (non-hydrogen) atoms. The number of nitrogens with zero attached hydrogens (tertiary/aromatic N) is 3. The third-order valence-electron chi connectivity index (χ3n) is 1.68. The summed E-state index contributed by atoms with van der Waals surface area (Å²) in [6, 6.07) is 0. The Kier molecular flexibility index (Phi) is 4.16. The van der Waals surface area contributed by atoms with Gasteiger partial charge < -0.3 is 9.64 Å². The fourth-order valence-electron chi connectivity index (χ4n) is 1.11. The number of carbonyl (C=O) groups is 1. The van der Waals surface area contributed by atoms with Crippen molar-refractivity contribution in [3.63, 3.8) is 0 Å². The van der Waals surface area contributed by atoms with Crippen molar-refractivity contribution in [1.29, 1.82) is 5.26 Å². The molecule has 1 heterocycles. The van der Waals surface area contributed by atoms with Crippen molar-refractivity contribution in [2.75, 3.05) is 19.7 Å². The van der Waals surface area contributed by atoms with E-state index in [4.69, 9.17) is 10.00 Å². The third kappa shape index (κ3) is 3.31. The molecule has 6 nitrogen and oxygen atoms in total. The van der Waals surface area contributed by atoms with E-state index in [1.165, 1.54) is 4.90 Å². The monoisotopic (exact) mass is 208 g/mol. The van der Waals surface area contributed by atoms with Gasteiger partial charge in [-0.3, -0.25) is 10.1 Å². The molecule has 6 heteroatoms. The number of guanidine groups is 1. The molecule has 1 aliphatic rings. The molecule has 80 valence electrons. The van der Waals surface area contributed by atoms with Crippen LogP contribution in [0.1, 0.15) is 6.92 Å². The smallest absolute Gasteiger partial charge is 0.326 e. The molecule has 1 aliphatic heterocycles. The number of rotatable bonds is 3. The van der Waals surface area contributed by atoms with Crippen LogP contribution in [-0.4, -0.2) is 36.5 Å². The van der Waals surface area contributed by atoms with E-state index in [2.05, 4.69) is 10.3 Å². The highest BCUT2D eigenvalue weighted by molar-refractivity contribution is 5.86. The number of nitriles is 1. The van der Waals surface area contributed by atoms with Gasteiger partial charge in [0, 0.05) is 6.20 Å². The van der Waals surface area contributed by atoms with Crippen LogP contribution >= 0.6 is 0 Å². The molecule has 0 spiro atoms. The standard InChI is InChI=1S/C9H12N4O2/c1-2-15-8(14)6-13-5-3-4-11-9(13)12-7-10/h3,5H,2,4,6H2,1H3,(H,11,12). The molecule has 0 unspecified atom stereocenters. The lowest BCUT2D eigenvalue weighted by Crippen LogP contribution is -2.40. The van der Waals surface area contributed by atoms with E-state index in [1.807, 2.05) is 0 Å². The van der Waals surface area contributed by atoms with Gasteiger partial charge in [0.15, 0.2) is 6.19 Å². The average Bonchev–Trinajstić information content (AvgIpc) is 2.21. The van der Waals surface area contributed by atoms with Crippen LogP contribution in [0.3, 0.4) is 0 Å². The molecule has 0 atom stereocenters. The van der Waals surface area contributed by atoms with Crippen LogP contribution in [0.25, 0.3) is 0 Å². The highest BCUT2D eigenvalue weighted by Gasteiger charge is 2.15. The Balaban J connectivity index is 2.55. The molecule has 0 aliphatic carbocycles. The highest BCUT2D eigenvalue weighted by Crippen LogP contribution is 1.99. The van der Waals surface area contributed by atoms with E-state index in [0.717, 1.165) is 0 Å². The van der Waals surface area contributed by atoms with Crippen molar-refractivity contribution in [1.82, 2.24) is 10.2 Å². The Morgan fingerprint density at radius 2 is 2.67 bits per heavy atom. The summed E-state index contributed by atoms with van der Waals surface area (Å²) in [4.78, 5) is 16.8. The molecule has 0 saturated carbocycles. The molecule has 0 bridgehead atoms. The molecule has 0 aromatic rings. The van der Waals surface area contributed by atoms with Crippen molar-refractivity contribution in [2.24, 2.45) is 4.99 Å². The average molecular weight is 208 g/mol. The minimum Gasteiger partial charge on any atom is -0.465 e. The summed E-state index contributed by atoms with van der Waals surface area (Å²) >= 11 is 0. The lowest BCUT2D eigenvalue weighted by molar-refractivity contribution is -0.143. The Labute approximate surface area is 87.8 Å². The summed E-state index contributed by atoms with van der Waals surface area (Å²) < 4.78 is 4.79. The van der Waals surface area contributed by atoms with Gasteiger partial charge in [-0.25, -0.2) is 4.99 Å². The van der Waals surface area contributed by atoms with E-state index < -0.39 is 0 Å². The van der Waals surface area contributed by atoms with E-state index in [1.54, 1.807) is 25.4 Å². The first-order chi connectivity index (χ1) is 7.27. The lowest BCUT2D eigenvalue weighted by Gasteiger charge is -2.21. The summed E-state index contributed by atoms with van der Waals surface area (Å²) in [5.74, 6) is 0.0181. The predicted molar refractivity (Wildman–Crippen MR) is 53.5 cm³/mol. The van der Waals surface area contributed by atoms with Gasteiger partial charge in [0.1, 0.15) is 6.54 Å². The van der Waals surface area contributed by atoms with Gasteiger partial charge in [-0.1, -0.05) is 0 Å². The van der Waals surface area contributed by atoms with Crippen LogP contribution in [0.15, 0.2) is 17.3 Å². The number of carbonyl (C=O) groups excluding carboxylic acids is 1. The van der Waals surface area contributed by atoms with Crippen molar-refractivity contribution < 1.29 is 9.53 Å². The normalized spacial score (nSPS) is 14.1. The summed E-state index contributed by atoms with van der Waals surface area (Å²) in [6.07, 6.45) is 5.26. The molecule has 0 saturated heterocycles. The number of nitrogens with one attached hydrogen (secondary N) is 1. The Morgan fingerprint density at radius 3 is 3.33 bits per heavy atom. The number of hydrogen-bond donors (Lipinski definition) is 1. The molecule has 1 N–H and O–H groups in total. The first kappa shape index (κ1) is 11.0. The summed E-state index contributed by atoms with van der Waals surface area (Å²) in [5, 5.41) is 10.9. The van der Waals surface area contributed by atoms with Gasteiger partial charge in [0.05, 0.1) is 13.2 Å². The van der Waals surface area contributed by atoms with Gasteiger partial charge in [-0.05, 0) is 13.0 Å². The maximum Gasteiger partial charge on any atom is 0.326 e. The first-order valence-corrected chi connectivity index (χ1v) is 4.56. The highest BCUT2D eigenvalue weighted by atomic mass is 16.5. The molecule has 0 radical (unpaired) electrons. The van der Waals surface area contributed by atoms with Crippen molar-refractivity contribution >= 4 is 11.9 Å². The molecular formula is C9H12N4O2. The maximum absolute atomic E-state index is 11.2. The predicted octanol–water partition coefficient (Wildman–Crippen LogP) is -0.195. The minimum atomic E-state index is -0.350. The van der Waals surface area contributed by atoms with E-state index in [-0.39, 0.29) is 12.5 Å². The van der Waals surface area contributed by atoms with E-state index in [9.17, 15) is 4.79 Å². The van der Waals surface area contributed by atoms with Gasteiger partial charge in [0.2, 0.25) is 5.96 Å². The quantitative estimate of drug-likeness (QED) is 0.395. The van der Waals surface area contributed by atoms with Crippen LogP contribution < -0.4 is 5.32 Å². The van der Waals surface area contributed by atoms with Crippen molar-refractivity contribution in [3.8, 4) is 6.19 Å². The summed E-state index contributed by atoms with van der Waals surface area (Å²) in [7, 11) is 0. The second-order valence-electron chi connectivity index (χ2n) is 2.72. The van der Waals surface area contributed by atoms with Crippen LogP contribution in [0, 0.1) is 11.5 Å². The molecule has 0 fully saturated rings.